The van der Waals surface area contributed by atoms with Crippen molar-refractivity contribution < 1.29 is 9.53 Å². The van der Waals surface area contributed by atoms with Crippen LogP contribution in [0.15, 0.2) is 24.3 Å². The molecule has 2 fully saturated rings. The summed E-state index contributed by atoms with van der Waals surface area (Å²) < 4.78 is 5.48. The molecule has 0 spiro atoms. The van der Waals surface area contributed by atoms with Crippen molar-refractivity contribution in [3.63, 3.8) is 0 Å². The van der Waals surface area contributed by atoms with Crippen LogP contribution in [-0.4, -0.2) is 18.6 Å². The van der Waals surface area contributed by atoms with Gasteiger partial charge in [-0.25, -0.2) is 0 Å². The Balaban J connectivity index is 1.47. The van der Waals surface area contributed by atoms with Crippen molar-refractivity contribution in [2.75, 3.05) is 6.61 Å². The number of rotatable bonds is 5. The first-order chi connectivity index (χ1) is 10.1. The number of ether oxygens (including phenoxy) is 1. The number of benzene rings is 1. The molecule has 0 aromatic heterocycles. The minimum absolute atomic E-state index is 0.0227. The molecule has 0 unspecified atom stereocenters. The molecule has 4 atom stereocenters. The molecular weight excluding hydrogens is 286 g/mol. The third kappa shape index (κ3) is 3.34. The van der Waals surface area contributed by atoms with Crippen molar-refractivity contribution >= 4 is 17.5 Å². The normalized spacial score (nSPS) is 28.4. The maximum atomic E-state index is 12.0. The second-order valence-electron chi connectivity index (χ2n) is 6.41. The molecule has 2 saturated carbocycles. The van der Waals surface area contributed by atoms with E-state index in [4.69, 9.17) is 16.3 Å². The van der Waals surface area contributed by atoms with Gasteiger partial charge in [-0.1, -0.05) is 30.2 Å². The van der Waals surface area contributed by atoms with E-state index in [-0.39, 0.29) is 18.6 Å². The van der Waals surface area contributed by atoms with Gasteiger partial charge < -0.3 is 10.1 Å². The van der Waals surface area contributed by atoms with Crippen LogP contribution in [0.2, 0.25) is 5.02 Å². The summed E-state index contributed by atoms with van der Waals surface area (Å²) in [4.78, 5) is 12.0. The second kappa shape index (κ2) is 6.27. The van der Waals surface area contributed by atoms with Gasteiger partial charge in [-0.2, -0.15) is 0 Å². The highest BCUT2D eigenvalue weighted by Crippen LogP contribution is 2.49. The van der Waals surface area contributed by atoms with Crippen LogP contribution >= 0.6 is 11.6 Å². The molecule has 1 aromatic rings. The Kier molecular flexibility index (Phi) is 4.39. The van der Waals surface area contributed by atoms with Crippen molar-refractivity contribution in [3.8, 4) is 5.75 Å². The van der Waals surface area contributed by atoms with Gasteiger partial charge in [0, 0.05) is 6.04 Å². The second-order valence-corrected chi connectivity index (χ2v) is 6.82. The Hall–Kier alpha value is -1.22. The number of nitrogens with one attached hydrogen (secondary N) is 1. The molecule has 1 N–H and O–H groups in total. The number of hydrogen-bond donors (Lipinski definition) is 1. The van der Waals surface area contributed by atoms with Crippen LogP contribution in [0.4, 0.5) is 0 Å². The lowest BCUT2D eigenvalue weighted by Crippen LogP contribution is -2.42. The molecule has 21 heavy (non-hydrogen) atoms. The number of carbonyl (C=O) groups excluding carboxylic acids is 1. The van der Waals surface area contributed by atoms with Gasteiger partial charge in [-0.3, -0.25) is 4.79 Å². The lowest BCUT2D eigenvalue weighted by Gasteiger charge is -2.28. The molecule has 0 radical (unpaired) electrons. The SMILES string of the molecule is C[C@H](NC(=O)COc1ccccc1Cl)[C@H]1C[C@H]2CC[C@H]1C2. The van der Waals surface area contributed by atoms with Gasteiger partial charge in [0.15, 0.2) is 6.61 Å². The van der Waals surface area contributed by atoms with Crippen LogP contribution < -0.4 is 10.1 Å². The Labute approximate surface area is 131 Å². The smallest absolute Gasteiger partial charge is 0.258 e. The first-order valence-electron chi connectivity index (χ1n) is 7.80. The summed E-state index contributed by atoms with van der Waals surface area (Å²) >= 11 is 6.00. The number of amides is 1. The molecule has 0 saturated heterocycles. The number of carbonyl (C=O) groups is 1. The molecule has 0 aliphatic heterocycles. The third-order valence-corrected chi connectivity index (χ3v) is 5.33. The van der Waals surface area contributed by atoms with E-state index in [1.165, 1.54) is 25.7 Å². The van der Waals surface area contributed by atoms with Gasteiger partial charge in [-0.15, -0.1) is 0 Å². The molecule has 114 valence electrons. The highest BCUT2D eigenvalue weighted by Gasteiger charge is 2.42. The van der Waals surface area contributed by atoms with Crippen LogP contribution in [0.25, 0.3) is 0 Å². The summed E-state index contributed by atoms with van der Waals surface area (Å²) in [5.74, 6) is 2.86. The molecule has 2 aliphatic carbocycles. The van der Waals surface area contributed by atoms with Gasteiger partial charge in [0.05, 0.1) is 5.02 Å². The highest BCUT2D eigenvalue weighted by molar-refractivity contribution is 6.32. The van der Waals surface area contributed by atoms with Gasteiger partial charge in [0.2, 0.25) is 0 Å². The summed E-state index contributed by atoms with van der Waals surface area (Å²) in [5, 5.41) is 3.62. The lowest BCUT2D eigenvalue weighted by molar-refractivity contribution is -0.124. The monoisotopic (exact) mass is 307 g/mol. The third-order valence-electron chi connectivity index (χ3n) is 5.02. The zero-order chi connectivity index (χ0) is 14.8. The first kappa shape index (κ1) is 14.7. The summed E-state index contributed by atoms with van der Waals surface area (Å²) in [6.07, 6.45) is 5.36. The van der Waals surface area contributed by atoms with Gasteiger partial charge in [0.1, 0.15) is 5.75 Å². The maximum absolute atomic E-state index is 12.0. The fraction of sp³-hybridized carbons (Fsp3) is 0.588. The van der Waals surface area contributed by atoms with Crippen molar-refractivity contribution in [1.29, 1.82) is 0 Å². The van der Waals surface area contributed by atoms with E-state index in [1.54, 1.807) is 12.1 Å². The first-order valence-corrected chi connectivity index (χ1v) is 8.18. The predicted molar refractivity (Wildman–Crippen MR) is 83.5 cm³/mol. The molecule has 3 nitrogen and oxygen atoms in total. The van der Waals surface area contributed by atoms with Crippen molar-refractivity contribution in [3.05, 3.63) is 29.3 Å². The van der Waals surface area contributed by atoms with Crippen molar-refractivity contribution in [2.45, 2.75) is 38.6 Å². The zero-order valence-electron chi connectivity index (χ0n) is 12.3. The van der Waals surface area contributed by atoms with E-state index in [0.717, 1.165) is 11.8 Å². The largest absolute Gasteiger partial charge is 0.482 e. The van der Waals surface area contributed by atoms with Crippen LogP contribution in [0.3, 0.4) is 0 Å². The van der Waals surface area contributed by atoms with E-state index in [9.17, 15) is 4.79 Å². The van der Waals surface area contributed by atoms with Crippen LogP contribution in [0, 0.1) is 17.8 Å². The zero-order valence-corrected chi connectivity index (χ0v) is 13.1. The van der Waals surface area contributed by atoms with Crippen LogP contribution in [-0.2, 0) is 4.79 Å². The topological polar surface area (TPSA) is 38.3 Å². The predicted octanol–water partition coefficient (Wildman–Crippen LogP) is 3.66. The highest BCUT2D eigenvalue weighted by atomic mass is 35.5. The molecule has 2 bridgehead atoms. The molecule has 2 aliphatic rings. The minimum Gasteiger partial charge on any atom is -0.482 e. The number of para-hydroxylation sites is 1. The summed E-state index contributed by atoms with van der Waals surface area (Å²) in [6.45, 7) is 2.15. The standard InChI is InChI=1S/C17H22ClNO2/c1-11(14-9-12-6-7-13(14)8-12)19-17(20)10-21-16-5-3-2-4-15(16)18/h2-5,11-14H,6-10H2,1H3,(H,19,20)/t11-,12-,13-,14+/m0/s1. The molecular formula is C17H22ClNO2. The summed E-state index contributed by atoms with van der Waals surface area (Å²) in [5.41, 5.74) is 0. The quantitative estimate of drug-likeness (QED) is 0.901. The van der Waals surface area contributed by atoms with Crippen molar-refractivity contribution in [2.24, 2.45) is 17.8 Å². The number of fused-ring (bicyclic) bond motifs is 2. The minimum atomic E-state index is -0.0646. The van der Waals surface area contributed by atoms with Crippen LogP contribution in [0.1, 0.15) is 32.6 Å². The number of hydrogen-bond acceptors (Lipinski definition) is 2. The Bertz CT molecular complexity index is 519. The maximum Gasteiger partial charge on any atom is 0.258 e. The van der Waals surface area contributed by atoms with Gasteiger partial charge in [0.25, 0.3) is 5.91 Å². The fourth-order valence-electron chi connectivity index (χ4n) is 4.01. The molecule has 4 heteroatoms. The van der Waals surface area contributed by atoms with E-state index in [2.05, 4.69) is 12.2 Å². The van der Waals surface area contributed by atoms with Crippen LogP contribution in [0.5, 0.6) is 5.75 Å². The molecule has 1 aromatic carbocycles. The van der Waals surface area contributed by atoms with E-state index >= 15 is 0 Å². The average molecular weight is 308 g/mol. The van der Waals surface area contributed by atoms with E-state index in [1.807, 2.05) is 12.1 Å². The summed E-state index contributed by atoms with van der Waals surface area (Å²) in [6, 6.07) is 7.45. The van der Waals surface area contributed by atoms with Gasteiger partial charge >= 0.3 is 0 Å². The van der Waals surface area contributed by atoms with Gasteiger partial charge in [-0.05, 0) is 56.1 Å². The molecule has 0 heterocycles. The van der Waals surface area contributed by atoms with E-state index in [0.29, 0.717) is 16.7 Å². The van der Waals surface area contributed by atoms with Crippen molar-refractivity contribution in [1.82, 2.24) is 5.32 Å². The lowest BCUT2D eigenvalue weighted by atomic mass is 9.84. The molecule has 1 amide bonds. The molecule has 3 rings (SSSR count). The summed E-state index contributed by atoms with van der Waals surface area (Å²) in [7, 11) is 0. The Morgan fingerprint density at radius 3 is 2.86 bits per heavy atom. The van der Waals surface area contributed by atoms with E-state index < -0.39 is 0 Å². The fourth-order valence-corrected chi connectivity index (χ4v) is 4.20. The Morgan fingerprint density at radius 2 is 2.19 bits per heavy atom. The Morgan fingerprint density at radius 1 is 1.38 bits per heavy atom. The average Bonchev–Trinajstić information content (AvgIpc) is 3.09. The number of halogens is 1.